The quantitative estimate of drug-likeness (QED) is 0.757. The largest absolute Gasteiger partial charge is 0.354 e. The number of hydrogen-bond acceptors (Lipinski definition) is 1. The van der Waals surface area contributed by atoms with E-state index in [-0.39, 0.29) is 0 Å². The van der Waals surface area contributed by atoms with E-state index in [2.05, 4.69) is 53.4 Å². The number of hydrogen-bond donors (Lipinski definition) is 1. The van der Waals surface area contributed by atoms with Crippen LogP contribution in [-0.2, 0) is 19.5 Å². The van der Waals surface area contributed by atoms with Crippen molar-refractivity contribution in [2.45, 2.75) is 32.4 Å². The molecule has 90 valence electrons. The monoisotopic (exact) mass is 228 g/mol. The van der Waals surface area contributed by atoms with E-state index in [1.54, 1.807) is 0 Å². The maximum absolute atomic E-state index is 5.58. The van der Waals surface area contributed by atoms with Crippen LogP contribution in [0, 0.1) is 0 Å². The van der Waals surface area contributed by atoms with Gasteiger partial charge in [0.2, 0.25) is 0 Å². The molecule has 0 saturated carbocycles. The normalized spacial score (nSPS) is 10.6. The van der Waals surface area contributed by atoms with E-state index in [4.69, 9.17) is 5.73 Å². The van der Waals surface area contributed by atoms with E-state index in [9.17, 15) is 0 Å². The van der Waals surface area contributed by atoms with Gasteiger partial charge < -0.3 is 10.3 Å². The van der Waals surface area contributed by atoms with Crippen molar-refractivity contribution in [3.8, 4) is 0 Å². The third-order valence-corrected chi connectivity index (χ3v) is 3.02. The van der Waals surface area contributed by atoms with E-state index in [1.807, 2.05) is 0 Å². The Bertz CT molecular complexity index is 431. The van der Waals surface area contributed by atoms with Crippen LogP contribution in [0.4, 0.5) is 0 Å². The van der Waals surface area contributed by atoms with Crippen molar-refractivity contribution in [3.63, 3.8) is 0 Å². The predicted octanol–water partition coefficient (Wildman–Crippen LogP) is 2.97. The fourth-order valence-corrected chi connectivity index (χ4v) is 2.02. The Kier molecular flexibility index (Phi) is 4.39. The van der Waals surface area contributed by atoms with Crippen LogP contribution in [0.5, 0.6) is 0 Å². The first kappa shape index (κ1) is 11.9. The van der Waals surface area contributed by atoms with Gasteiger partial charge in [-0.2, -0.15) is 0 Å². The number of unbranched alkanes of at least 4 members (excludes halogenated alkanes) is 1. The van der Waals surface area contributed by atoms with Crippen molar-refractivity contribution in [2.24, 2.45) is 5.73 Å². The standard InChI is InChI=1S/C15H20N2/c16-12-15-9-11-17(13-15)10-5-4-8-14-6-2-1-3-7-14/h1-3,6-7,9,11,13H,4-5,8,10,12,16H2. The summed E-state index contributed by atoms with van der Waals surface area (Å²) in [6.07, 6.45) is 7.88. The summed E-state index contributed by atoms with van der Waals surface area (Å²) in [6.45, 7) is 1.73. The molecule has 0 spiro atoms. The highest BCUT2D eigenvalue weighted by atomic mass is 14.9. The minimum Gasteiger partial charge on any atom is -0.354 e. The van der Waals surface area contributed by atoms with E-state index < -0.39 is 0 Å². The molecule has 1 aromatic carbocycles. The molecule has 0 fully saturated rings. The van der Waals surface area contributed by atoms with E-state index in [0.29, 0.717) is 6.54 Å². The fourth-order valence-electron chi connectivity index (χ4n) is 2.02. The maximum Gasteiger partial charge on any atom is 0.0219 e. The van der Waals surface area contributed by atoms with Crippen LogP contribution in [0.2, 0.25) is 0 Å². The van der Waals surface area contributed by atoms with Crippen molar-refractivity contribution in [2.75, 3.05) is 0 Å². The number of aryl methyl sites for hydroxylation is 2. The van der Waals surface area contributed by atoms with Crippen LogP contribution >= 0.6 is 0 Å². The summed E-state index contributed by atoms with van der Waals surface area (Å²) in [5, 5.41) is 0. The number of benzene rings is 1. The molecule has 2 aromatic rings. The smallest absolute Gasteiger partial charge is 0.0219 e. The minimum atomic E-state index is 0.636. The van der Waals surface area contributed by atoms with Crippen LogP contribution in [0.25, 0.3) is 0 Å². The molecule has 0 unspecified atom stereocenters. The number of nitrogens with zero attached hydrogens (tertiary/aromatic N) is 1. The summed E-state index contributed by atoms with van der Waals surface area (Å²) < 4.78 is 2.23. The Morgan fingerprint density at radius 3 is 2.47 bits per heavy atom. The molecule has 2 nitrogen and oxygen atoms in total. The van der Waals surface area contributed by atoms with Crippen molar-refractivity contribution < 1.29 is 0 Å². The molecule has 0 aliphatic rings. The van der Waals surface area contributed by atoms with Crippen molar-refractivity contribution in [1.82, 2.24) is 4.57 Å². The Morgan fingerprint density at radius 2 is 1.76 bits per heavy atom. The van der Waals surface area contributed by atoms with Crippen LogP contribution < -0.4 is 5.73 Å². The summed E-state index contributed by atoms with van der Waals surface area (Å²) in [7, 11) is 0. The first-order valence-electron chi connectivity index (χ1n) is 6.27. The van der Waals surface area contributed by atoms with Gasteiger partial charge in [-0.15, -0.1) is 0 Å². The zero-order valence-electron chi connectivity index (χ0n) is 10.2. The Morgan fingerprint density at radius 1 is 0.941 bits per heavy atom. The molecule has 0 aliphatic carbocycles. The minimum absolute atomic E-state index is 0.636. The van der Waals surface area contributed by atoms with E-state index >= 15 is 0 Å². The number of rotatable bonds is 6. The van der Waals surface area contributed by atoms with Gasteiger partial charge >= 0.3 is 0 Å². The van der Waals surface area contributed by atoms with Gasteiger partial charge in [-0.05, 0) is 36.5 Å². The Labute approximate surface area is 103 Å². The highest BCUT2D eigenvalue weighted by molar-refractivity contribution is 5.14. The number of nitrogens with two attached hydrogens (primary N) is 1. The van der Waals surface area contributed by atoms with Gasteiger partial charge in [0.15, 0.2) is 0 Å². The average Bonchev–Trinajstić information content (AvgIpc) is 2.84. The lowest BCUT2D eigenvalue weighted by atomic mass is 10.1. The van der Waals surface area contributed by atoms with Crippen molar-refractivity contribution in [1.29, 1.82) is 0 Å². The molecular weight excluding hydrogens is 208 g/mol. The van der Waals surface area contributed by atoms with Crippen molar-refractivity contribution in [3.05, 3.63) is 59.9 Å². The molecule has 1 aromatic heterocycles. The molecule has 0 amide bonds. The SMILES string of the molecule is NCc1ccn(CCCCc2ccccc2)c1. The van der Waals surface area contributed by atoms with E-state index in [1.165, 1.54) is 30.4 Å². The zero-order valence-corrected chi connectivity index (χ0v) is 10.2. The lowest BCUT2D eigenvalue weighted by Gasteiger charge is -2.03. The lowest BCUT2D eigenvalue weighted by Crippen LogP contribution is -1.97. The zero-order chi connectivity index (χ0) is 11.9. The first-order chi connectivity index (χ1) is 8.38. The summed E-state index contributed by atoms with van der Waals surface area (Å²) in [6, 6.07) is 12.8. The second-order valence-corrected chi connectivity index (χ2v) is 4.40. The highest BCUT2D eigenvalue weighted by Crippen LogP contribution is 2.07. The molecule has 0 bridgehead atoms. The van der Waals surface area contributed by atoms with Crippen LogP contribution in [0.1, 0.15) is 24.0 Å². The molecule has 1 heterocycles. The topological polar surface area (TPSA) is 30.9 Å². The summed E-state index contributed by atoms with van der Waals surface area (Å²) in [5.74, 6) is 0. The van der Waals surface area contributed by atoms with E-state index in [0.717, 1.165) is 6.54 Å². The fraction of sp³-hybridized carbons (Fsp3) is 0.333. The van der Waals surface area contributed by atoms with Gasteiger partial charge in [-0.3, -0.25) is 0 Å². The van der Waals surface area contributed by atoms with Gasteiger partial charge in [-0.25, -0.2) is 0 Å². The molecule has 17 heavy (non-hydrogen) atoms. The maximum atomic E-state index is 5.58. The second kappa shape index (κ2) is 6.26. The van der Waals surface area contributed by atoms with Crippen molar-refractivity contribution >= 4 is 0 Å². The second-order valence-electron chi connectivity index (χ2n) is 4.40. The summed E-state index contributed by atoms with van der Waals surface area (Å²) in [5.41, 5.74) is 8.23. The van der Waals surface area contributed by atoms with Gasteiger partial charge in [0.05, 0.1) is 0 Å². The Hall–Kier alpha value is -1.54. The van der Waals surface area contributed by atoms with Crippen LogP contribution in [0.15, 0.2) is 48.8 Å². The molecule has 2 N–H and O–H groups in total. The summed E-state index contributed by atoms with van der Waals surface area (Å²) in [4.78, 5) is 0. The Balaban J connectivity index is 1.69. The predicted molar refractivity (Wildman–Crippen MR) is 71.7 cm³/mol. The molecule has 0 atom stereocenters. The molecule has 0 aliphatic heterocycles. The third-order valence-electron chi connectivity index (χ3n) is 3.02. The van der Waals surface area contributed by atoms with Gasteiger partial charge in [0, 0.05) is 25.5 Å². The molecule has 0 radical (unpaired) electrons. The van der Waals surface area contributed by atoms with Gasteiger partial charge in [0.25, 0.3) is 0 Å². The molecule has 2 heteroatoms. The lowest BCUT2D eigenvalue weighted by molar-refractivity contribution is 0.610. The highest BCUT2D eigenvalue weighted by Gasteiger charge is 1.96. The van der Waals surface area contributed by atoms with Crippen LogP contribution in [0.3, 0.4) is 0 Å². The number of aromatic nitrogens is 1. The molecule has 2 rings (SSSR count). The van der Waals surface area contributed by atoms with Gasteiger partial charge in [0.1, 0.15) is 0 Å². The third kappa shape index (κ3) is 3.75. The average molecular weight is 228 g/mol. The first-order valence-corrected chi connectivity index (χ1v) is 6.27. The molecule has 0 saturated heterocycles. The summed E-state index contributed by atoms with van der Waals surface area (Å²) >= 11 is 0. The van der Waals surface area contributed by atoms with Gasteiger partial charge in [-0.1, -0.05) is 30.3 Å². The van der Waals surface area contributed by atoms with Crippen LogP contribution in [-0.4, -0.2) is 4.57 Å². The molecular formula is C15H20N2.